The van der Waals surface area contributed by atoms with Gasteiger partial charge in [-0.15, -0.1) is 0 Å². The van der Waals surface area contributed by atoms with E-state index in [-0.39, 0.29) is 0 Å². The molecule has 0 aromatic heterocycles. The van der Waals surface area contributed by atoms with Crippen LogP contribution in [0.25, 0.3) is 0 Å². The third-order valence-electron chi connectivity index (χ3n) is 0.396. The molecule has 1 nitrogen and oxygen atoms in total. The van der Waals surface area contributed by atoms with Gasteiger partial charge in [0.1, 0.15) is 0 Å². The van der Waals surface area contributed by atoms with Crippen LogP contribution in [-0.4, -0.2) is 19.3 Å². The van der Waals surface area contributed by atoms with Crippen LogP contribution in [0.15, 0.2) is 0 Å². The smallest absolute Gasteiger partial charge is 0.493 e. The minimum absolute atomic E-state index is 0.846. The van der Waals surface area contributed by atoms with Crippen molar-refractivity contribution in [2.24, 2.45) is 0 Å². The van der Waals surface area contributed by atoms with Crippen molar-refractivity contribution < 1.29 is 3.79 Å². The van der Waals surface area contributed by atoms with Crippen molar-refractivity contribution in [1.82, 2.24) is 0 Å². The first-order chi connectivity index (χ1) is 2.77. The average molecular weight is 167 g/mol. The summed E-state index contributed by atoms with van der Waals surface area (Å²) in [5.74, 6) is 2.09. The number of rotatable bonds is 2. The maximum absolute atomic E-state index is 5.10. The summed E-state index contributed by atoms with van der Waals surface area (Å²) in [6.07, 6.45) is 0. The van der Waals surface area contributed by atoms with E-state index >= 15 is 0 Å². The summed E-state index contributed by atoms with van der Waals surface area (Å²) in [6, 6.07) is 0. The van der Waals surface area contributed by atoms with Crippen LogP contribution in [0.2, 0.25) is 5.79 Å². The van der Waals surface area contributed by atoms with E-state index in [0.29, 0.717) is 0 Å². The molecule has 36 valence electrons. The molecule has 0 unspecified atom stereocenters. The Kier molecular flexibility index (Phi) is 4.81. The van der Waals surface area contributed by atoms with Crippen molar-refractivity contribution in [3.05, 3.63) is 0 Å². The second-order valence-electron chi connectivity index (χ2n) is 0.998. The zero-order valence-corrected chi connectivity index (χ0v) is 6.81. The average Bonchev–Trinajstić information content (AvgIpc) is 1.35. The maximum Gasteiger partial charge on any atom is 0.553 e. The molecule has 0 aromatic rings. The first-order valence-corrected chi connectivity index (χ1v) is 6.84. The predicted molar refractivity (Wildman–Crippen MR) is 32.2 cm³/mol. The van der Waals surface area contributed by atoms with Gasteiger partial charge in [0.05, 0.1) is 0 Å². The van der Waals surface area contributed by atoms with Gasteiger partial charge < -0.3 is 3.79 Å². The molecule has 3 heteroatoms. The molecule has 0 saturated carbocycles. The van der Waals surface area contributed by atoms with Crippen LogP contribution in [0.1, 0.15) is 6.92 Å². The fourth-order valence-corrected chi connectivity index (χ4v) is 1.48. The zero-order valence-electron chi connectivity index (χ0n) is 4.07. The van der Waals surface area contributed by atoms with E-state index in [1.807, 2.05) is 6.92 Å². The molecule has 6 heavy (non-hydrogen) atoms. The molecule has 0 aliphatic carbocycles. The lowest BCUT2D eigenvalue weighted by molar-refractivity contribution is 0.360. The minimum Gasteiger partial charge on any atom is -0.493 e. The topological polar surface area (TPSA) is 9.23 Å². The fraction of sp³-hybridized carbons (Fsp3) is 1.00. The standard InChI is InChI=1S/C2H5O.CH3.Al.BrH/c1-2-3;;;/h2H2,1H3;1H3;;1H/q-1;;+2;/p-1. The molecular weight excluding hydrogens is 159 g/mol. The highest BCUT2D eigenvalue weighted by Gasteiger charge is 2.03. The summed E-state index contributed by atoms with van der Waals surface area (Å²) < 4.78 is 5.10. The van der Waals surface area contributed by atoms with E-state index < -0.39 is 12.7 Å². The van der Waals surface area contributed by atoms with Gasteiger partial charge >= 0.3 is 12.7 Å². The van der Waals surface area contributed by atoms with E-state index in [9.17, 15) is 0 Å². The summed E-state index contributed by atoms with van der Waals surface area (Å²) in [5.41, 5.74) is 0. The van der Waals surface area contributed by atoms with Crippen molar-refractivity contribution in [3.8, 4) is 0 Å². The predicted octanol–water partition coefficient (Wildman–Crippen LogP) is 1.54. The molecule has 0 bridgehead atoms. The van der Waals surface area contributed by atoms with E-state index in [4.69, 9.17) is 3.79 Å². The molecular formula is C3H8AlBrO. The highest BCUT2D eigenvalue weighted by atomic mass is 79.9. The molecule has 0 aromatic carbocycles. The first-order valence-electron chi connectivity index (χ1n) is 2.03. The third-order valence-corrected chi connectivity index (χ3v) is 1.98. The molecule has 0 fully saturated rings. The maximum atomic E-state index is 5.10. The van der Waals surface area contributed by atoms with Gasteiger partial charge in [-0.05, 0) is 6.92 Å². The quantitative estimate of drug-likeness (QED) is 0.566. The summed E-state index contributed by atoms with van der Waals surface area (Å²) >= 11 is 2.49. The van der Waals surface area contributed by atoms with Gasteiger partial charge in [-0.2, -0.15) is 14.1 Å². The third kappa shape index (κ3) is 4.97. The molecule has 0 atom stereocenters. The Hall–Kier alpha value is 0.972. The molecule has 0 amide bonds. The summed E-state index contributed by atoms with van der Waals surface area (Å²) in [7, 11) is 0. The molecule has 0 rings (SSSR count). The molecule has 0 heterocycles. The Morgan fingerprint density at radius 2 is 2.33 bits per heavy atom. The second-order valence-corrected chi connectivity index (χ2v) is 6.29. The molecule has 0 spiro atoms. The molecule has 0 aliphatic heterocycles. The Bertz CT molecular complexity index is 32.0. The SMILES string of the molecule is CC[O][Al]([CH3])[Br]. The minimum atomic E-state index is -0.858. The van der Waals surface area contributed by atoms with E-state index in [1.165, 1.54) is 0 Å². The van der Waals surface area contributed by atoms with E-state index in [1.54, 1.807) is 0 Å². The Labute approximate surface area is 50.1 Å². The van der Waals surface area contributed by atoms with E-state index in [2.05, 4.69) is 19.8 Å². The van der Waals surface area contributed by atoms with Gasteiger partial charge in [0.25, 0.3) is 0 Å². The normalized spacial score (nSPS) is 8.50. The first kappa shape index (κ1) is 6.97. The Morgan fingerprint density at radius 1 is 1.83 bits per heavy atom. The van der Waals surface area contributed by atoms with Crippen molar-refractivity contribution >= 4 is 26.7 Å². The molecule has 0 aliphatic rings. The molecule has 0 saturated heterocycles. The van der Waals surface area contributed by atoms with Crippen molar-refractivity contribution in [1.29, 1.82) is 0 Å². The van der Waals surface area contributed by atoms with Crippen LogP contribution in [0.3, 0.4) is 0 Å². The van der Waals surface area contributed by atoms with Crippen LogP contribution in [-0.2, 0) is 3.79 Å². The number of hydrogen-bond donors (Lipinski definition) is 0. The number of hydrogen-bond acceptors (Lipinski definition) is 1. The van der Waals surface area contributed by atoms with Gasteiger partial charge in [0.15, 0.2) is 0 Å². The van der Waals surface area contributed by atoms with Gasteiger partial charge in [0, 0.05) is 6.61 Å². The fourth-order valence-electron chi connectivity index (χ4n) is 0.230. The summed E-state index contributed by atoms with van der Waals surface area (Å²) in [4.78, 5) is 0. The Morgan fingerprint density at radius 3 is 2.33 bits per heavy atom. The zero-order chi connectivity index (χ0) is 4.99. The van der Waals surface area contributed by atoms with Crippen molar-refractivity contribution in [2.75, 3.05) is 6.61 Å². The van der Waals surface area contributed by atoms with Crippen LogP contribution in [0, 0.1) is 0 Å². The lowest BCUT2D eigenvalue weighted by atomic mass is 10.9. The van der Waals surface area contributed by atoms with Crippen molar-refractivity contribution in [2.45, 2.75) is 12.7 Å². The highest BCUT2D eigenvalue weighted by Crippen LogP contribution is 1.91. The lowest BCUT2D eigenvalue weighted by Crippen LogP contribution is -2.01. The molecule has 0 N–H and O–H groups in total. The highest BCUT2D eigenvalue weighted by molar-refractivity contribution is 9.24. The van der Waals surface area contributed by atoms with Gasteiger partial charge in [-0.1, -0.05) is 5.79 Å². The van der Waals surface area contributed by atoms with Gasteiger partial charge in [0.2, 0.25) is 0 Å². The van der Waals surface area contributed by atoms with Gasteiger partial charge in [-0.3, -0.25) is 0 Å². The van der Waals surface area contributed by atoms with Crippen LogP contribution >= 0.6 is 14.1 Å². The van der Waals surface area contributed by atoms with Gasteiger partial charge in [-0.25, -0.2) is 0 Å². The van der Waals surface area contributed by atoms with Crippen LogP contribution in [0.5, 0.6) is 0 Å². The Balaban J connectivity index is 2.63. The van der Waals surface area contributed by atoms with Crippen LogP contribution < -0.4 is 0 Å². The van der Waals surface area contributed by atoms with E-state index in [0.717, 1.165) is 6.61 Å². The second kappa shape index (κ2) is 4.14. The summed E-state index contributed by atoms with van der Waals surface area (Å²) in [6.45, 7) is 2.85. The van der Waals surface area contributed by atoms with Crippen LogP contribution in [0.4, 0.5) is 0 Å². The van der Waals surface area contributed by atoms with Crippen molar-refractivity contribution in [3.63, 3.8) is 0 Å². The monoisotopic (exact) mass is 166 g/mol. The lowest BCUT2D eigenvalue weighted by Gasteiger charge is -1.93. The molecule has 0 radical (unpaired) electrons. The summed E-state index contributed by atoms with van der Waals surface area (Å²) in [5, 5.41) is 0. The largest absolute Gasteiger partial charge is 0.553 e. The number of halogens is 1.